The monoisotopic (exact) mass is 422 g/mol. The van der Waals surface area contributed by atoms with Crippen LogP contribution in [0.2, 0.25) is 0 Å². The lowest BCUT2D eigenvalue weighted by Gasteiger charge is -2.30. The van der Waals surface area contributed by atoms with Crippen LogP contribution >= 0.6 is 0 Å². The molecule has 1 unspecified atom stereocenters. The maximum absolute atomic E-state index is 14.0. The number of alkyl halides is 2. The van der Waals surface area contributed by atoms with Crippen molar-refractivity contribution in [1.82, 2.24) is 9.97 Å². The van der Waals surface area contributed by atoms with E-state index in [1.54, 1.807) is 0 Å². The van der Waals surface area contributed by atoms with Crippen LogP contribution in [0.3, 0.4) is 0 Å². The van der Waals surface area contributed by atoms with E-state index >= 15 is 0 Å². The number of anilines is 3. The highest BCUT2D eigenvalue weighted by molar-refractivity contribution is 5.59. The van der Waals surface area contributed by atoms with Crippen LogP contribution in [-0.2, 0) is 4.74 Å². The fourth-order valence-electron chi connectivity index (χ4n) is 3.77. The third-order valence-corrected chi connectivity index (χ3v) is 5.54. The summed E-state index contributed by atoms with van der Waals surface area (Å²) in [6.07, 6.45) is 2.42. The number of nitrogens with zero attached hydrogens (tertiary/aromatic N) is 3. The Labute approximate surface area is 173 Å². The lowest BCUT2D eigenvalue weighted by molar-refractivity contribution is -0.0985. The van der Waals surface area contributed by atoms with E-state index < -0.39 is 17.7 Å². The van der Waals surface area contributed by atoms with Gasteiger partial charge >= 0.3 is 0 Å². The molecule has 1 saturated heterocycles. The summed E-state index contributed by atoms with van der Waals surface area (Å²) in [4.78, 5) is 10.2. The summed E-state index contributed by atoms with van der Waals surface area (Å²) in [7, 11) is 0. The van der Waals surface area contributed by atoms with Crippen molar-refractivity contribution in [2.75, 3.05) is 43.1 Å². The molecule has 1 N–H and O–H groups in total. The van der Waals surface area contributed by atoms with Gasteiger partial charge in [-0.2, -0.15) is 9.37 Å². The van der Waals surface area contributed by atoms with Gasteiger partial charge in [-0.15, -0.1) is 0 Å². The molecule has 4 rings (SSSR count). The van der Waals surface area contributed by atoms with Crippen LogP contribution in [0, 0.1) is 11.7 Å². The van der Waals surface area contributed by atoms with Crippen molar-refractivity contribution in [3.05, 3.63) is 36.3 Å². The van der Waals surface area contributed by atoms with E-state index in [1.807, 2.05) is 24.3 Å². The number of aromatic nitrogens is 2. The van der Waals surface area contributed by atoms with Gasteiger partial charge in [0.1, 0.15) is 0 Å². The molecule has 6 nitrogen and oxygen atoms in total. The Balaban J connectivity index is 1.39. The SMILES string of the molecule is Fc1cnc(Nc2ccc(N3CCOCC3)cc2)nc1OCC1CCCCC1(F)F. The molecule has 0 spiro atoms. The van der Waals surface area contributed by atoms with Crippen LogP contribution in [0.4, 0.5) is 30.5 Å². The lowest BCUT2D eigenvalue weighted by atomic mass is 9.86. The Hall–Kier alpha value is -2.55. The fraction of sp³-hybridized carbons (Fsp3) is 0.524. The van der Waals surface area contributed by atoms with E-state index in [0.717, 1.165) is 37.1 Å². The van der Waals surface area contributed by atoms with Gasteiger partial charge in [0.2, 0.25) is 11.8 Å². The van der Waals surface area contributed by atoms with Crippen molar-refractivity contribution in [3.8, 4) is 5.88 Å². The van der Waals surface area contributed by atoms with Gasteiger partial charge in [-0.05, 0) is 37.1 Å². The van der Waals surface area contributed by atoms with E-state index in [-0.39, 0.29) is 24.9 Å². The first-order valence-electron chi connectivity index (χ1n) is 10.2. The average molecular weight is 422 g/mol. The second-order valence-corrected chi connectivity index (χ2v) is 7.63. The summed E-state index contributed by atoms with van der Waals surface area (Å²) in [5.41, 5.74) is 1.81. The number of halogens is 3. The molecule has 0 bridgehead atoms. The predicted molar refractivity (Wildman–Crippen MR) is 107 cm³/mol. The van der Waals surface area contributed by atoms with Crippen molar-refractivity contribution in [1.29, 1.82) is 0 Å². The summed E-state index contributed by atoms with van der Waals surface area (Å²) in [6.45, 7) is 2.83. The molecule has 9 heteroatoms. The molecular weight excluding hydrogens is 397 g/mol. The minimum Gasteiger partial charge on any atom is -0.475 e. The molecule has 2 fully saturated rings. The minimum absolute atomic E-state index is 0.140. The maximum Gasteiger partial charge on any atom is 0.255 e. The van der Waals surface area contributed by atoms with Crippen LogP contribution in [-0.4, -0.2) is 48.8 Å². The zero-order valence-corrected chi connectivity index (χ0v) is 16.6. The molecule has 1 aromatic heterocycles. The Morgan fingerprint density at radius 2 is 1.93 bits per heavy atom. The summed E-state index contributed by atoms with van der Waals surface area (Å²) in [6, 6.07) is 7.70. The normalized spacial score (nSPS) is 21.3. The average Bonchev–Trinajstić information content (AvgIpc) is 2.76. The molecule has 1 aromatic carbocycles. The number of morpholine rings is 1. The number of benzene rings is 1. The van der Waals surface area contributed by atoms with Gasteiger partial charge in [0, 0.05) is 30.9 Å². The molecule has 0 radical (unpaired) electrons. The van der Waals surface area contributed by atoms with Crippen LogP contribution in [0.1, 0.15) is 25.7 Å². The van der Waals surface area contributed by atoms with Crippen LogP contribution in [0.15, 0.2) is 30.5 Å². The summed E-state index contributed by atoms with van der Waals surface area (Å²) >= 11 is 0. The van der Waals surface area contributed by atoms with Gasteiger partial charge in [0.15, 0.2) is 0 Å². The van der Waals surface area contributed by atoms with Gasteiger partial charge in [-0.1, -0.05) is 6.42 Å². The molecule has 1 aliphatic carbocycles. The van der Waals surface area contributed by atoms with Crippen molar-refractivity contribution in [2.45, 2.75) is 31.6 Å². The number of ether oxygens (including phenoxy) is 2. The van der Waals surface area contributed by atoms with E-state index in [1.165, 1.54) is 0 Å². The number of rotatable bonds is 6. The molecule has 1 aliphatic heterocycles. The highest BCUT2D eigenvalue weighted by atomic mass is 19.3. The second-order valence-electron chi connectivity index (χ2n) is 7.63. The van der Waals surface area contributed by atoms with Gasteiger partial charge in [0.25, 0.3) is 11.8 Å². The molecular formula is C21H25F3N4O2. The maximum atomic E-state index is 14.0. The molecule has 1 atom stereocenters. The Kier molecular flexibility index (Phi) is 6.26. The van der Waals surface area contributed by atoms with Gasteiger partial charge in [-0.3, -0.25) is 0 Å². The first-order chi connectivity index (χ1) is 14.5. The van der Waals surface area contributed by atoms with Gasteiger partial charge < -0.3 is 19.7 Å². The highest BCUT2D eigenvalue weighted by Gasteiger charge is 2.41. The van der Waals surface area contributed by atoms with Gasteiger partial charge in [-0.25, -0.2) is 13.8 Å². The molecule has 0 amide bonds. The van der Waals surface area contributed by atoms with E-state index in [0.29, 0.717) is 26.1 Å². The van der Waals surface area contributed by atoms with E-state index in [4.69, 9.17) is 9.47 Å². The molecule has 162 valence electrons. The Morgan fingerprint density at radius 3 is 2.67 bits per heavy atom. The number of nitrogens with one attached hydrogen (secondary N) is 1. The van der Waals surface area contributed by atoms with Gasteiger partial charge in [0.05, 0.1) is 31.9 Å². The molecule has 2 aliphatic rings. The molecule has 1 saturated carbocycles. The van der Waals surface area contributed by atoms with E-state index in [2.05, 4.69) is 20.2 Å². The smallest absolute Gasteiger partial charge is 0.255 e. The van der Waals surface area contributed by atoms with Crippen LogP contribution in [0.5, 0.6) is 5.88 Å². The largest absolute Gasteiger partial charge is 0.475 e. The summed E-state index contributed by atoms with van der Waals surface area (Å²) < 4.78 is 52.7. The number of hydrogen-bond acceptors (Lipinski definition) is 6. The minimum atomic E-state index is -2.79. The lowest BCUT2D eigenvalue weighted by Crippen LogP contribution is -2.36. The van der Waals surface area contributed by atoms with Crippen LogP contribution < -0.4 is 15.0 Å². The summed E-state index contributed by atoms with van der Waals surface area (Å²) in [5, 5.41) is 3.00. The zero-order chi connectivity index (χ0) is 21.0. The third kappa shape index (κ3) is 4.95. The van der Waals surface area contributed by atoms with Crippen molar-refractivity contribution < 1.29 is 22.6 Å². The standard InChI is InChI=1S/C21H25F3N4O2/c22-18-13-25-20(27-19(18)30-14-15-3-1-2-8-21(15,23)24)26-16-4-6-17(7-5-16)28-9-11-29-12-10-28/h4-7,13,15H,1-3,8-12,14H2,(H,25,26,27). The zero-order valence-electron chi connectivity index (χ0n) is 16.6. The first kappa shape index (κ1) is 20.7. The second kappa shape index (κ2) is 9.07. The summed E-state index contributed by atoms with van der Waals surface area (Å²) in [5.74, 6) is -4.67. The topological polar surface area (TPSA) is 59.5 Å². The van der Waals surface area contributed by atoms with Crippen LogP contribution in [0.25, 0.3) is 0 Å². The fourth-order valence-corrected chi connectivity index (χ4v) is 3.77. The van der Waals surface area contributed by atoms with Crippen molar-refractivity contribution in [3.63, 3.8) is 0 Å². The Bertz CT molecular complexity index is 845. The van der Waals surface area contributed by atoms with Crippen molar-refractivity contribution >= 4 is 17.3 Å². The quantitative estimate of drug-likeness (QED) is 0.745. The third-order valence-electron chi connectivity index (χ3n) is 5.54. The molecule has 2 heterocycles. The van der Waals surface area contributed by atoms with E-state index in [9.17, 15) is 13.2 Å². The predicted octanol–water partition coefficient (Wildman–Crippen LogP) is 4.40. The number of hydrogen-bond donors (Lipinski definition) is 1. The molecule has 30 heavy (non-hydrogen) atoms. The Morgan fingerprint density at radius 1 is 1.17 bits per heavy atom. The first-order valence-corrected chi connectivity index (χ1v) is 10.2. The highest BCUT2D eigenvalue weighted by Crippen LogP contribution is 2.38. The molecule has 2 aromatic rings. The van der Waals surface area contributed by atoms with Crippen molar-refractivity contribution in [2.24, 2.45) is 5.92 Å².